The van der Waals surface area contributed by atoms with Crippen LogP contribution in [0.5, 0.6) is 0 Å². The van der Waals surface area contributed by atoms with Crippen LogP contribution in [0.2, 0.25) is 0 Å². The number of nitrogens with one attached hydrogen (secondary N) is 1. The van der Waals surface area contributed by atoms with Gasteiger partial charge in [-0.2, -0.15) is 0 Å². The maximum absolute atomic E-state index is 13.0. The minimum absolute atomic E-state index is 0.150. The third-order valence-electron chi connectivity index (χ3n) is 2.38. The van der Waals surface area contributed by atoms with Crippen LogP contribution in [0.25, 0.3) is 11.3 Å². The highest BCUT2D eigenvalue weighted by molar-refractivity contribution is 5.58. The number of aromatic amines is 1. The molecule has 0 saturated carbocycles. The number of H-pyrrole nitrogens is 1. The van der Waals surface area contributed by atoms with Crippen molar-refractivity contribution in [3.05, 3.63) is 56.7 Å². The molecular formula is C11H8F2N2O2. The average molecular weight is 238 g/mol. The molecular weight excluding hydrogens is 230 g/mol. The van der Waals surface area contributed by atoms with Gasteiger partial charge in [0, 0.05) is 18.7 Å². The molecule has 17 heavy (non-hydrogen) atoms. The molecule has 0 radical (unpaired) electrons. The molecule has 2 rings (SSSR count). The van der Waals surface area contributed by atoms with Gasteiger partial charge in [0.25, 0.3) is 5.56 Å². The van der Waals surface area contributed by atoms with Crippen molar-refractivity contribution in [3.8, 4) is 11.3 Å². The second kappa shape index (κ2) is 3.97. The third-order valence-corrected chi connectivity index (χ3v) is 2.38. The molecule has 1 aromatic carbocycles. The highest BCUT2D eigenvalue weighted by atomic mass is 19.2. The van der Waals surface area contributed by atoms with Crippen molar-refractivity contribution in [1.29, 1.82) is 0 Å². The van der Waals surface area contributed by atoms with E-state index in [4.69, 9.17) is 0 Å². The van der Waals surface area contributed by atoms with Gasteiger partial charge in [-0.15, -0.1) is 0 Å². The fourth-order valence-corrected chi connectivity index (χ4v) is 1.37. The van der Waals surface area contributed by atoms with Gasteiger partial charge in [-0.05, 0) is 18.2 Å². The Labute approximate surface area is 94.2 Å². The number of rotatable bonds is 1. The van der Waals surface area contributed by atoms with Crippen LogP contribution in [-0.2, 0) is 7.05 Å². The van der Waals surface area contributed by atoms with Crippen LogP contribution >= 0.6 is 0 Å². The summed E-state index contributed by atoms with van der Waals surface area (Å²) in [6.45, 7) is 0. The van der Waals surface area contributed by atoms with Gasteiger partial charge >= 0.3 is 5.69 Å². The zero-order valence-corrected chi connectivity index (χ0v) is 8.83. The van der Waals surface area contributed by atoms with Crippen molar-refractivity contribution in [2.75, 3.05) is 0 Å². The zero-order valence-electron chi connectivity index (χ0n) is 8.83. The lowest BCUT2D eigenvalue weighted by Gasteiger charge is -2.03. The number of hydrogen-bond acceptors (Lipinski definition) is 2. The Hall–Kier alpha value is -2.24. The van der Waals surface area contributed by atoms with E-state index in [2.05, 4.69) is 4.98 Å². The lowest BCUT2D eigenvalue weighted by Crippen LogP contribution is -2.32. The standard InChI is InChI=1S/C11H8F2N2O2/c1-15-10(16)5-9(14-11(15)17)6-2-3-7(12)8(13)4-6/h2-5H,1H3,(H,14,17). The zero-order chi connectivity index (χ0) is 12.6. The van der Waals surface area contributed by atoms with Crippen molar-refractivity contribution < 1.29 is 8.78 Å². The molecule has 0 amide bonds. The molecule has 0 aliphatic carbocycles. The summed E-state index contributed by atoms with van der Waals surface area (Å²) in [6, 6.07) is 4.28. The van der Waals surface area contributed by atoms with E-state index < -0.39 is 22.9 Å². The van der Waals surface area contributed by atoms with E-state index in [9.17, 15) is 18.4 Å². The quantitative estimate of drug-likeness (QED) is 0.806. The van der Waals surface area contributed by atoms with E-state index in [1.807, 2.05) is 0 Å². The van der Waals surface area contributed by atoms with Crippen molar-refractivity contribution in [1.82, 2.24) is 9.55 Å². The van der Waals surface area contributed by atoms with Gasteiger partial charge in [0.15, 0.2) is 11.6 Å². The van der Waals surface area contributed by atoms with Crippen molar-refractivity contribution in [2.24, 2.45) is 7.05 Å². The maximum atomic E-state index is 13.0. The number of aromatic nitrogens is 2. The number of hydrogen-bond donors (Lipinski definition) is 1. The Balaban J connectivity index is 2.65. The van der Waals surface area contributed by atoms with Gasteiger partial charge in [0.1, 0.15) is 0 Å². The van der Waals surface area contributed by atoms with Crippen LogP contribution in [-0.4, -0.2) is 9.55 Å². The molecule has 0 atom stereocenters. The third kappa shape index (κ3) is 2.01. The minimum Gasteiger partial charge on any atom is -0.307 e. The van der Waals surface area contributed by atoms with Crippen molar-refractivity contribution in [3.63, 3.8) is 0 Å². The highest BCUT2D eigenvalue weighted by Crippen LogP contribution is 2.17. The smallest absolute Gasteiger partial charge is 0.307 e. The summed E-state index contributed by atoms with van der Waals surface area (Å²) >= 11 is 0. The van der Waals surface area contributed by atoms with Gasteiger partial charge in [0.05, 0.1) is 5.69 Å². The first-order valence-electron chi connectivity index (χ1n) is 4.75. The van der Waals surface area contributed by atoms with E-state index in [0.29, 0.717) is 0 Å². The molecule has 2 aromatic rings. The van der Waals surface area contributed by atoms with Crippen LogP contribution in [0.1, 0.15) is 0 Å². The van der Waals surface area contributed by atoms with Crippen LogP contribution in [0.3, 0.4) is 0 Å². The topological polar surface area (TPSA) is 54.9 Å². The fourth-order valence-electron chi connectivity index (χ4n) is 1.37. The largest absolute Gasteiger partial charge is 0.328 e. The predicted octanol–water partition coefficient (Wildman–Crippen LogP) is 1.02. The highest BCUT2D eigenvalue weighted by Gasteiger charge is 2.07. The Morgan fingerprint density at radius 3 is 2.41 bits per heavy atom. The summed E-state index contributed by atoms with van der Waals surface area (Å²) in [5.74, 6) is -2.02. The monoisotopic (exact) mass is 238 g/mol. The van der Waals surface area contributed by atoms with Crippen molar-refractivity contribution in [2.45, 2.75) is 0 Å². The summed E-state index contributed by atoms with van der Waals surface area (Å²) in [4.78, 5) is 25.1. The molecule has 0 spiro atoms. The first-order valence-corrected chi connectivity index (χ1v) is 4.75. The molecule has 0 bridgehead atoms. The summed E-state index contributed by atoms with van der Waals surface area (Å²) in [5.41, 5.74) is -0.749. The normalized spacial score (nSPS) is 10.5. The molecule has 0 fully saturated rings. The molecule has 0 aliphatic heterocycles. The van der Waals surface area contributed by atoms with Gasteiger partial charge < -0.3 is 4.98 Å². The predicted molar refractivity (Wildman–Crippen MR) is 57.7 cm³/mol. The Morgan fingerprint density at radius 2 is 1.82 bits per heavy atom. The number of nitrogens with zero attached hydrogens (tertiary/aromatic N) is 1. The van der Waals surface area contributed by atoms with Gasteiger partial charge in [-0.3, -0.25) is 9.36 Å². The lowest BCUT2D eigenvalue weighted by atomic mass is 10.1. The van der Waals surface area contributed by atoms with Gasteiger partial charge in [-0.1, -0.05) is 0 Å². The molecule has 0 unspecified atom stereocenters. The summed E-state index contributed by atoms with van der Waals surface area (Å²) < 4.78 is 26.6. The molecule has 0 saturated heterocycles. The first kappa shape index (κ1) is 11.3. The summed E-state index contributed by atoms with van der Waals surface area (Å²) in [5, 5.41) is 0. The molecule has 1 aromatic heterocycles. The van der Waals surface area contributed by atoms with E-state index in [1.165, 1.54) is 13.1 Å². The second-order valence-corrected chi connectivity index (χ2v) is 3.51. The lowest BCUT2D eigenvalue weighted by molar-refractivity contribution is 0.509. The maximum Gasteiger partial charge on any atom is 0.328 e. The number of benzene rings is 1. The SMILES string of the molecule is Cn1c(=O)cc(-c2ccc(F)c(F)c2)[nH]c1=O. The van der Waals surface area contributed by atoms with Crippen LogP contribution < -0.4 is 11.2 Å². The minimum atomic E-state index is -1.04. The van der Waals surface area contributed by atoms with E-state index in [0.717, 1.165) is 22.8 Å². The van der Waals surface area contributed by atoms with E-state index in [-0.39, 0.29) is 11.3 Å². The van der Waals surface area contributed by atoms with Crippen LogP contribution in [0, 0.1) is 11.6 Å². The Morgan fingerprint density at radius 1 is 1.12 bits per heavy atom. The van der Waals surface area contributed by atoms with Gasteiger partial charge in [0.2, 0.25) is 0 Å². The Bertz CT molecular complexity index is 657. The molecule has 88 valence electrons. The fraction of sp³-hybridized carbons (Fsp3) is 0.0909. The van der Waals surface area contributed by atoms with Crippen LogP contribution in [0.4, 0.5) is 8.78 Å². The molecule has 6 heteroatoms. The van der Waals surface area contributed by atoms with Crippen molar-refractivity contribution >= 4 is 0 Å². The first-order chi connectivity index (χ1) is 7.99. The van der Waals surface area contributed by atoms with Crippen LogP contribution in [0.15, 0.2) is 33.9 Å². The molecule has 0 aliphatic rings. The van der Waals surface area contributed by atoms with E-state index in [1.54, 1.807) is 0 Å². The molecule has 4 nitrogen and oxygen atoms in total. The van der Waals surface area contributed by atoms with Gasteiger partial charge in [-0.25, -0.2) is 13.6 Å². The summed E-state index contributed by atoms with van der Waals surface area (Å²) in [7, 11) is 1.32. The number of halogens is 2. The molecule has 1 heterocycles. The Kier molecular flexibility index (Phi) is 2.63. The molecule has 1 N–H and O–H groups in total. The average Bonchev–Trinajstić information content (AvgIpc) is 2.29. The summed E-state index contributed by atoms with van der Waals surface area (Å²) in [6.07, 6.45) is 0. The second-order valence-electron chi connectivity index (χ2n) is 3.51. The van der Waals surface area contributed by atoms with E-state index >= 15 is 0 Å².